The van der Waals surface area contributed by atoms with Crippen LogP contribution in [0.15, 0.2) is 0 Å². The SMILES string of the molecule is CCC(C)(CN)NC1CCCCC1CO. The van der Waals surface area contributed by atoms with Crippen LogP contribution in [0.2, 0.25) is 0 Å². The van der Waals surface area contributed by atoms with Crippen molar-refractivity contribution in [3.05, 3.63) is 0 Å². The Hall–Kier alpha value is -0.120. The van der Waals surface area contributed by atoms with Crippen molar-refractivity contribution in [2.45, 2.75) is 57.5 Å². The number of nitrogens with one attached hydrogen (secondary N) is 1. The van der Waals surface area contributed by atoms with E-state index in [-0.39, 0.29) is 5.54 Å². The minimum Gasteiger partial charge on any atom is -0.396 e. The van der Waals surface area contributed by atoms with E-state index in [1.807, 2.05) is 0 Å². The van der Waals surface area contributed by atoms with E-state index in [0.29, 0.717) is 25.1 Å². The summed E-state index contributed by atoms with van der Waals surface area (Å²) in [5.41, 5.74) is 5.83. The van der Waals surface area contributed by atoms with E-state index in [1.165, 1.54) is 19.3 Å². The van der Waals surface area contributed by atoms with Crippen LogP contribution in [0, 0.1) is 5.92 Å². The quantitative estimate of drug-likeness (QED) is 0.645. The molecule has 15 heavy (non-hydrogen) atoms. The van der Waals surface area contributed by atoms with Crippen LogP contribution in [0.4, 0.5) is 0 Å². The topological polar surface area (TPSA) is 58.3 Å². The van der Waals surface area contributed by atoms with E-state index in [4.69, 9.17) is 5.73 Å². The van der Waals surface area contributed by atoms with Gasteiger partial charge in [-0.2, -0.15) is 0 Å². The van der Waals surface area contributed by atoms with E-state index < -0.39 is 0 Å². The molecule has 0 aliphatic heterocycles. The van der Waals surface area contributed by atoms with Gasteiger partial charge in [-0.15, -0.1) is 0 Å². The van der Waals surface area contributed by atoms with Crippen molar-refractivity contribution in [1.82, 2.24) is 5.32 Å². The molecule has 3 nitrogen and oxygen atoms in total. The van der Waals surface area contributed by atoms with Crippen LogP contribution < -0.4 is 11.1 Å². The van der Waals surface area contributed by atoms with Crippen molar-refractivity contribution in [3.8, 4) is 0 Å². The first-order valence-corrected chi connectivity index (χ1v) is 6.24. The average Bonchev–Trinajstić information content (AvgIpc) is 2.29. The zero-order valence-electron chi connectivity index (χ0n) is 10.1. The lowest BCUT2D eigenvalue weighted by Crippen LogP contribution is -2.55. The van der Waals surface area contributed by atoms with Crippen molar-refractivity contribution in [2.24, 2.45) is 11.7 Å². The predicted octanol–water partition coefficient (Wildman–Crippen LogP) is 1.25. The smallest absolute Gasteiger partial charge is 0.0474 e. The highest BCUT2D eigenvalue weighted by Gasteiger charge is 2.30. The van der Waals surface area contributed by atoms with Gasteiger partial charge in [-0.1, -0.05) is 19.8 Å². The summed E-state index contributed by atoms with van der Waals surface area (Å²) in [5.74, 6) is 0.427. The molecule has 3 unspecified atom stereocenters. The molecule has 1 aliphatic carbocycles. The molecule has 0 aromatic rings. The highest BCUT2D eigenvalue weighted by molar-refractivity contribution is 4.90. The molecule has 0 saturated heterocycles. The Bertz CT molecular complexity index is 180. The van der Waals surface area contributed by atoms with E-state index >= 15 is 0 Å². The van der Waals surface area contributed by atoms with Crippen LogP contribution in [-0.2, 0) is 0 Å². The number of aliphatic hydroxyl groups is 1. The highest BCUT2D eigenvalue weighted by atomic mass is 16.3. The van der Waals surface area contributed by atoms with Gasteiger partial charge in [0.25, 0.3) is 0 Å². The lowest BCUT2D eigenvalue weighted by molar-refractivity contribution is 0.130. The third kappa shape index (κ3) is 3.44. The Balaban J connectivity index is 2.53. The zero-order valence-corrected chi connectivity index (χ0v) is 10.1. The Kier molecular flexibility index (Phi) is 5.03. The average molecular weight is 214 g/mol. The predicted molar refractivity (Wildman–Crippen MR) is 63.7 cm³/mol. The Morgan fingerprint density at radius 1 is 1.40 bits per heavy atom. The van der Waals surface area contributed by atoms with Crippen LogP contribution in [-0.4, -0.2) is 29.8 Å². The van der Waals surface area contributed by atoms with Crippen molar-refractivity contribution in [3.63, 3.8) is 0 Å². The van der Waals surface area contributed by atoms with Crippen LogP contribution >= 0.6 is 0 Å². The summed E-state index contributed by atoms with van der Waals surface area (Å²) in [6, 6.07) is 0.456. The molecule has 0 heterocycles. The van der Waals surface area contributed by atoms with Crippen LogP contribution in [0.25, 0.3) is 0 Å². The Morgan fingerprint density at radius 2 is 2.07 bits per heavy atom. The Labute approximate surface area is 93.4 Å². The molecule has 4 N–H and O–H groups in total. The third-order valence-electron chi connectivity index (χ3n) is 3.91. The molecular weight excluding hydrogens is 188 g/mol. The first-order valence-electron chi connectivity index (χ1n) is 6.24. The van der Waals surface area contributed by atoms with Gasteiger partial charge in [0.05, 0.1) is 0 Å². The summed E-state index contributed by atoms with van der Waals surface area (Å²) in [4.78, 5) is 0. The molecular formula is C12H26N2O. The van der Waals surface area contributed by atoms with Crippen LogP contribution in [0.5, 0.6) is 0 Å². The molecule has 0 aromatic carbocycles. The summed E-state index contributed by atoms with van der Waals surface area (Å²) in [6.45, 7) is 5.31. The maximum Gasteiger partial charge on any atom is 0.0474 e. The van der Waals surface area contributed by atoms with Gasteiger partial charge < -0.3 is 16.2 Å². The van der Waals surface area contributed by atoms with Crippen molar-refractivity contribution in [1.29, 1.82) is 0 Å². The standard InChI is InChI=1S/C12H26N2O/c1-3-12(2,9-13)14-11-7-5-4-6-10(11)8-15/h10-11,14-15H,3-9,13H2,1-2H3. The second-order valence-corrected chi connectivity index (χ2v) is 5.10. The number of hydrogen-bond acceptors (Lipinski definition) is 3. The van der Waals surface area contributed by atoms with Crippen LogP contribution in [0.3, 0.4) is 0 Å². The molecule has 0 amide bonds. The monoisotopic (exact) mass is 214 g/mol. The largest absolute Gasteiger partial charge is 0.396 e. The van der Waals surface area contributed by atoms with Gasteiger partial charge in [-0.25, -0.2) is 0 Å². The molecule has 90 valence electrons. The molecule has 1 fully saturated rings. The van der Waals surface area contributed by atoms with Crippen molar-refractivity contribution >= 4 is 0 Å². The fraction of sp³-hybridized carbons (Fsp3) is 1.00. The normalized spacial score (nSPS) is 31.2. The van der Waals surface area contributed by atoms with Gasteiger partial charge >= 0.3 is 0 Å². The molecule has 0 bridgehead atoms. The summed E-state index contributed by atoms with van der Waals surface area (Å²) in [6.07, 6.45) is 5.91. The van der Waals surface area contributed by atoms with Gasteiger partial charge in [0.2, 0.25) is 0 Å². The number of aliphatic hydroxyl groups excluding tert-OH is 1. The van der Waals surface area contributed by atoms with Gasteiger partial charge in [0.15, 0.2) is 0 Å². The Morgan fingerprint density at radius 3 is 2.60 bits per heavy atom. The fourth-order valence-corrected chi connectivity index (χ4v) is 2.37. The minimum absolute atomic E-state index is 0.0371. The molecule has 3 atom stereocenters. The molecule has 1 aliphatic rings. The van der Waals surface area contributed by atoms with Gasteiger partial charge in [0.1, 0.15) is 0 Å². The van der Waals surface area contributed by atoms with Gasteiger partial charge in [-0.3, -0.25) is 0 Å². The molecule has 0 spiro atoms. The molecule has 0 aromatic heterocycles. The first kappa shape index (κ1) is 12.9. The summed E-state index contributed by atoms with van der Waals surface area (Å²) in [5, 5.41) is 13.0. The van der Waals surface area contributed by atoms with Crippen molar-refractivity contribution in [2.75, 3.05) is 13.2 Å². The number of nitrogens with two attached hydrogens (primary N) is 1. The van der Waals surface area contributed by atoms with E-state index in [0.717, 1.165) is 12.8 Å². The summed E-state index contributed by atoms with van der Waals surface area (Å²) < 4.78 is 0. The van der Waals surface area contributed by atoms with E-state index in [2.05, 4.69) is 19.2 Å². The molecule has 1 saturated carbocycles. The van der Waals surface area contributed by atoms with Gasteiger partial charge in [-0.05, 0) is 32.1 Å². The molecule has 1 rings (SSSR count). The number of rotatable bonds is 5. The van der Waals surface area contributed by atoms with E-state index in [1.54, 1.807) is 0 Å². The van der Waals surface area contributed by atoms with Crippen molar-refractivity contribution < 1.29 is 5.11 Å². The second-order valence-electron chi connectivity index (χ2n) is 5.10. The maximum atomic E-state index is 9.33. The lowest BCUT2D eigenvalue weighted by Gasteiger charge is -2.39. The zero-order chi connectivity index (χ0) is 11.3. The van der Waals surface area contributed by atoms with E-state index in [9.17, 15) is 5.11 Å². The first-order chi connectivity index (χ1) is 7.15. The lowest BCUT2D eigenvalue weighted by atomic mass is 9.83. The summed E-state index contributed by atoms with van der Waals surface area (Å²) >= 11 is 0. The third-order valence-corrected chi connectivity index (χ3v) is 3.91. The minimum atomic E-state index is 0.0371. The number of hydrogen-bond donors (Lipinski definition) is 3. The fourth-order valence-electron chi connectivity index (χ4n) is 2.37. The maximum absolute atomic E-state index is 9.33. The highest BCUT2D eigenvalue weighted by Crippen LogP contribution is 2.26. The summed E-state index contributed by atoms with van der Waals surface area (Å²) in [7, 11) is 0. The molecule has 3 heteroatoms. The second kappa shape index (κ2) is 5.83. The van der Waals surface area contributed by atoms with Crippen LogP contribution in [0.1, 0.15) is 46.0 Å². The van der Waals surface area contributed by atoms with Gasteiger partial charge in [0, 0.05) is 24.7 Å². The molecule has 0 radical (unpaired) electrons.